The quantitative estimate of drug-likeness (QED) is 0.795. The number of allylic oxidation sites excluding steroid dienone is 1. The van der Waals surface area contributed by atoms with E-state index in [1.54, 1.807) is 6.07 Å². The molecular weight excluding hydrogens is 307 g/mol. The minimum absolute atomic E-state index is 0.434. The Kier molecular flexibility index (Phi) is 4.04. The Morgan fingerprint density at radius 2 is 2.14 bits per heavy atom. The van der Waals surface area contributed by atoms with E-state index in [-0.39, 0.29) is 0 Å². The van der Waals surface area contributed by atoms with Gasteiger partial charge in [0.15, 0.2) is 0 Å². The van der Waals surface area contributed by atoms with Gasteiger partial charge in [-0.25, -0.2) is 0 Å². The minimum atomic E-state index is 0.434. The molecule has 0 spiro atoms. The molecule has 1 aliphatic rings. The summed E-state index contributed by atoms with van der Waals surface area (Å²) >= 11 is 12.4. The first-order valence-electron chi connectivity index (χ1n) is 6.62. The number of hydrogen-bond acceptors (Lipinski definition) is 3. The standard InChI is InChI=1S/C16H12Cl2N2O/c17-14-4-3-12-13(10-5-6-19-9-10)8-11(2-1-7-21)20-16(12)15(14)18/h3-5,7-9H,1-2,6H2. The minimum Gasteiger partial charge on any atom is -0.303 e. The summed E-state index contributed by atoms with van der Waals surface area (Å²) < 4.78 is 0. The molecule has 1 aromatic heterocycles. The summed E-state index contributed by atoms with van der Waals surface area (Å²) in [5, 5.41) is 1.86. The van der Waals surface area contributed by atoms with Crippen molar-refractivity contribution in [2.75, 3.05) is 6.54 Å². The van der Waals surface area contributed by atoms with E-state index in [0.29, 0.717) is 34.9 Å². The number of hydrogen-bond donors (Lipinski definition) is 0. The fourth-order valence-electron chi connectivity index (χ4n) is 2.39. The van der Waals surface area contributed by atoms with E-state index in [1.807, 2.05) is 18.3 Å². The first-order chi connectivity index (χ1) is 10.2. The Balaban J connectivity index is 2.25. The third-order valence-corrected chi connectivity index (χ3v) is 4.20. The number of aldehydes is 1. The summed E-state index contributed by atoms with van der Waals surface area (Å²) in [7, 11) is 0. The lowest BCUT2D eigenvalue weighted by Gasteiger charge is -2.11. The first-order valence-corrected chi connectivity index (χ1v) is 7.38. The number of aliphatic imine (C=N–C) groups is 1. The van der Waals surface area contributed by atoms with Crippen LogP contribution in [0.15, 0.2) is 29.3 Å². The molecule has 1 aliphatic heterocycles. The molecule has 0 radical (unpaired) electrons. The smallest absolute Gasteiger partial charge is 0.120 e. The highest BCUT2D eigenvalue weighted by Crippen LogP contribution is 2.34. The highest BCUT2D eigenvalue weighted by Gasteiger charge is 2.14. The molecule has 106 valence electrons. The third-order valence-electron chi connectivity index (χ3n) is 3.40. The second-order valence-corrected chi connectivity index (χ2v) is 5.56. The second kappa shape index (κ2) is 5.96. The van der Waals surface area contributed by atoms with Gasteiger partial charge in [-0.05, 0) is 29.7 Å². The summed E-state index contributed by atoms with van der Waals surface area (Å²) in [6.07, 6.45) is 5.81. The van der Waals surface area contributed by atoms with Crippen LogP contribution in [-0.4, -0.2) is 24.0 Å². The van der Waals surface area contributed by atoms with Crippen LogP contribution in [-0.2, 0) is 11.2 Å². The van der Waals surface area contributed by atoms with Crippen molar-refractivity contribution in [3.05, 3.63) is 45.6 Å². The predicted molar refractivity (Wildman–Crippen MR) is 87.5 cm³/mol. The van der Waals surface area contributed by atoms with Crippen LogP contribution in [0.3, 0.4) is 0 Å². The maximum Gasteiger partial charge on any atom is 0.120 e. The van der Waals surface area contributed by atoms with Crippen molar-refractivity contribution in [2.24, 2.45) is 4.99 Å². The van der Waals surface area contributed by atoms with Crippen molar-refractivity contribution in [2.45, 2.75) is 12.8 Å². The van der Waals surface area contributed by atoms with Gasteiger partial charge < -0.3 is 4.79 Å². The number of halogens is 2. The van der Waals surface area contributed by atoms with Crippen LogP contribution in [0.2, 0.25) is 10.0 Å². The number of aryl methyl sites for hydroxylation is 1. The van der Waals surface area contributed by atoms with Crippen LogP contribution in [0.1, 0.15) is 17.7 Å². The molecule has 0 saturated carbocycles. The van der Waals surface area contributed by atoms with Crippen molar-refractivity contribution < 1.29 is 4.79 Å². The van der Waals surface area contributed by atoms with Gasteiger partial charge in [-0.1, -0.05) is 35.3 Å². The largest absolute Gasteiger partial charge is 0.303 e. The van der Waals surface area contributed by atoms with Gasteiger partial charge in [-0.2, -0.15) is 0 Å². The van der Waals surface area contributed by atoms with Gasteiger partial charge in [0.2, 0.25) is 0 Å². The number of pyridine rings is 1. The molecule has 1 aromatic carbocycles. The summed E-state index contributed by atoms with van der Waals surface area (Å²) in [4.78, 5) is 19.4. The Labute approximate surface area is 132 Å². The molecule has 0 atom stereocenters. The molecule has 0 saturated heterocycles. The number of rotatable bonds is 4. The molecule has 0 fully saturated rings. The molecule has 0 N–H and O–H groups in total. The van der Waals surface area contributed by atoms with Crippen LogP contribution >= 0.6 is 23.2 Å². The fourth-order valence-corrected chi connectivity index (χ4v) is 2.75. The van der Waals surface area contributed by atoms with Gasteiger partial charge in [0.05, 0.1) is 22.1 Å². The van der Waals surface area contributed by atoms with E-state index in [2.05, 4.69) is 16.1 Å². The highest BCUT2D eigenvalue weighted by molar-refractivity contribution is 6.45. The molecule has 5 heteroatoms. The zero-order chi connectivity index (χ0) is 14.8. The van der Waals surface area contributed by atoms with Crippen LogP contribution in [0.4, 0.5) is 0 Å². The fraction of sp³-hybridized carbons (Fsp3) is 0.188. The summed E-state index contributed by atoms with van der Waals surface area (Å²) in [6, 6.07) is 5.69. The molecule has 0 bridgehead atoms. The number of nitrogens with zero attached hydrogens (tertiary/aromatic N) is 2. The summed E-state index contributed by atoms with van der Waals surface area (Å²) in [5.41, 5.74) is 3.58. The van der Waals surface area contributed by atoms with E-state index in [4.69, 9.17) is 23.2 Å². The number of aromatic nitrogens is 1. The monoisotopic (exact) mass is 318 g/mol. The topological polar surface area (TPSA) is 42.3 Å². The zero-order valence-corrected chi connectivity index (χ0v) is 12.7. The number of fused-ring (bicyclic) bond motifs is 1. The predicted octanol–water partition coefficient (Wildman–Crippen LogP) is 4.14. The van der Waals surface area contributed by atoms with Gasteiger partial charge in [-0.15, -0.1) is 0 Å². The van der Waals surface area contributed by atoms with Crippen LogP contribution in [0.25, 0.3) is 16.5 Å². The highest BCUT2D eigenvalue weighted by atomic mass is 35.5. The summed E-state index contributed by atoms with van der Waals surface area (Å²) in [5.74, 6) is 0. The number of benzene rings is 1. The van der Waals surface area contributed by atoms with E-state index < -0.39 is 0 Å². The van der Waals surface area contributed by atoms with Crippen molar-refractivity contribution in [3.63, 3.8) is 0 Å². The Bertz CT molecular complexity index is 781. The van der Waals surface area contributed by atoms with Crippen molar-refractivity contribution in [1.82, 2.24) is 4.98 Å². The molecule has 0 aliphatic carbocycles. The van der Waals surface area contributed by atoms with Gasteiger partial charge in [-0.3, -0.25) is 9.98 Å². The van der Waals surface area contributed by atoms with Crippen LogP contribution in [0, 0.1) is 0 Å². The Hall–Kier alpha value is -1.71. The van der Waals surface area contributed by atoms with Crippen LogP contribution < -0.4 is 0 Å². The molecule has 3 nitrogen and oxygen atoms in total. The number of carbonyl (C=O) groups excluding carboxylic acids is 1. The lowest BCUT2D eigenvalue weighted by molar-refractivity contribution is -0.107. The number of carbonyl (C=O) groups is 1. The zero-order valence-electron chi connectivity index (χ0n) is 11.1. The lowest BCUT2D eigenvalue weighted by atomic mass is 10.00. The van der Waals surface area contributed by atoms with E-state index in [0.717, 1.165) is 28.5 Å². The maximum absolute atomic E-state index is 10.6. The Morgan fingerprint density at radius 1 is 1.29 bits per heavy atom. The van der Waals surface area contributed by atoms with Gasteiger partial charge in [0.1, 0.15) is 6.29 Å². The molecule has 2 heterocycles. The van der Waals surface area contributed by atoms with Crippen molar-refractivity contribution in [1.29, 1.82) is 0 Å². The van der Waals surface area contributed by atoms with Crippen molar-refractivity contribution in [3.8, 4) is 0 Å². The molecular formula is C16H12Cl2N2O. The SMILES string of the molecule is O=CCCc1cc(C2=CCN=C2)c2ccc(Cl)c(Cl)c2n1. The normalized spacial score (nSPS) is 13.7. The van der Waals surface area contributed by atoms with E-state index >= 15 is 0 Å². The van der Waals surface area contributed by atoms with Gasteiger partial charge >= 0.3 is 0 Å². The van der Waals surface area contributed by atoms with E-state index in [9.17, 15) is 4.79 Å². The van der Waals surface area contributed by atoms with E-state index in [1.165, 1.54) is 0 Å². The average molecular weight is 319 g/mol. The summed E-state index contributed by atoms with van der Waals surface area (Å²) in [6.45, 7) is 0.685. The van der Waals surface area contributed by atoms with Gasteiger partial charge in [0, 0.05) is 23.7 Å². The Morgan fingerprint density at radius 3 is 2.86 bits per heavy atom. The molecule has 21 heavy (non-hydrogen) atoms. The lowest BCUT2D eigenvalue weighted by Crippen LogP contribution is -1.97. The van der Waals surface area contributed by atoms with Crippen LogP contribution in [0.5, 0.6) is 0 Å². The van der Waals surface area contributed by atoms with Gasteiger partial charge in [0.25, 0.3) is 0 Å². The maximum atomic E-state index is 10.6. The second-order valence-electron chi connectivity index (χ2n) is 4.78. The van der Waals surface area contributed by atoms with Crippen molar-refractivity contribution >= 4 is 52.2 Å². The first kappa shape index (κ1) is 14.2. The average Bonchev–Trinajstić information content (AvgIpc) is 3.02. The molecule has 0 unspecified atom stereocenters. The molecule has 0 amide bonds. The molecule has 2 aromatic rings. The third kappa shape index (κ3) is 2.71. The molecule has 3 rings (SSSR count).